The molecule has 0 aliphatic carbocycles. The highest BCUT2D eigenvalue weighted by Gasteiger charge is 2.23. The molecular weight excluding hydrogens is 510 g/mol. The summed E-state index contributed by atoms with van der Waals surface area (Å²) >= 11 is 0. The number of ether oxygens (including phenoxy) is 5. The number of methoxy groups -OCH3 is 4. The molecule has 0 bridgehead atoms. The Morgan fingerprint density at radius 3 is 2.11 bits per heavy atom. The van der Waals surface area contributed by atoms with E-state index in [9.17, 15) is 13.0 Å². The number of pyridine rings is 2. The molecule has 196 valence electrons. The summed E-state index contributed by atoms with van der Waals surface area (Å²) in [7, 11) is 4.19. The van der Waals surface area contributed by atoms with Crippen LogP contribution in [0.25, 0.3) is 11.0 Å². The van der Waals surface area contributed by atoms with Gasteiger partial charge in [0.2, 0.25) is 5.16 Å². The highest BCUT2D eigenvalue weighted by atomic mass is 32.2. The van der Waals surface area contributed by atoms with Gasteiger partial charge in [-0.1, -0.05) is 0 Å². The van der Waals surface area contributed by atoms with Gasteiger partial charge in [-0.15, -0.1) is 0 Å². The maximum Gasteiger partial charge on any atom is 0.387 e. The lowest BCUT2D eigenvalue weighted by atomic mass is 10.2. The normalized spacial score (nSPS) is 12.0. The van der Waals surface area contributed by atoms with E-state index in [1.807, 2.05) is 0 Å². The van der Waals surface area contributed by atoms with Gasteiger partial charge in [0.15, 0.2) is 23.0 Å². The molecule has 0 aliphatic heterocycles. The number of hydrogen-bond acceptors (Lipinski definition) is 9. The number of benzene rings is 1. The van der Waals surface area contributed by atoms with Crippen molar-refractivity contribution in [2.75, 3.05) is 28.4 Å². The molecule has 0 saturated carbocycles. The number of rotatable bonds is 11. The van der Waals surface area contributed by atoms with Crippen molar-refractivity contribution in [2.24, 2.45) is 0 Å². The standard InChI is InChI=1S/C24H24F2N4O6S/c1-32-19-7-9-27-16(21(19)34-3)12-30-18-11-14(36-23(25)26)5-6-15(18)29-24(30)37(31)13-17-22(35-4)20(33-2)8-10-28-17/h5-11,23H,12-13H2,1-4H3. The van der Waals surface area contributed by atoms with Crippen molar-refractivity contribution >= 4 is 21.8 Å². The first-order valence-electron chi connectivity index (χ1n) is 10.8. The Labute approximate surface area is 213 Å². The predicted molar refractivity (Wildman–Crippen MR) is 130 cm³/mol. The third-order valence-corrected chi connectivity index (χ3v) is 6.68. The quantitative estimate of drug-likeness (QED) is 0.284. The van der Waals surface area contributed by atoms with Crippen LogP contribution in [0.1, 0.15) is 11.4 Å². The monoisotopic (exact) mass is 534 g/mol. The average molecular weight is 535 g/mol. The van der Waals surface area contributed by atoms with Crippen LogP contribution >= 0.6 is 0 Å². The first-order valence-corrected chi connectivity index (χ1v) is 12.2. The first kappa shape index (κ1) is 26.1. The van der Waals surface area contributed by atoms with Crippen LogP contribution in [-0.4, -0.2) is 58.8 Å². The average Bonchev–Trinajstić information content (AvgIpc) is 3.25. The molecule has 0 fully saturated rings. The zero-order chi connectivity index (χ0) is 26.5. The number of nitrogens with zero attached hydrogens (tertiary/aromatic N) is 4. The third kappa shape index (κ3) is 5.40. The van der Waals surface area contributed by atoms with E-state index in [2.05, 4.69) is 19.7 Å². The largest absolute Gasteiger partial charge is 0.493 e. The van der Waals surface area contributed by atoms with Crippen LogP contribution in [0, 0.1) is 0 Å². The van der Waals surface area contributed by atoms with Crippen molar-refractivity contribution < 1.29 is 36.7 Å². The summed E-state index contributed by atoms with van der Waals surface area (Å²) in [5.41, 5.74) is 1.70. The minimum Gasteiger partial charge on any atom is -0.493 e. The summed E-state index contributed by atoms with van der Waals surface area (Å²) in [5, 5.41) is 0.169. The number of imidazole rings is 1. The summed E-state index contributed by atoms with van der Waals surface area (Å²) in [6, 6.07) is 7.57. The van der Waals surface area contributed by atoms with Gasteiger partial charge in [-0.25, -0.2) is 4.98 Å². The van der Waals surface area contributed by atoms with E-state index < -0.39 is 17.4 Å². The van der Waals surface area contributed by atoms with Crippen LogP contribution < -0.4 is 23.7 Å². The molecule has 3 heterocycles. The zero-order valence-electron chi connectivity index (χ0n) is 20.4. The van der Waals surface area contributed by atoms with Crippen LogP contribution in [0.15, 0.2) is 47.9 Å². The zero-order valence-corrected chi connectivity index (χ0v) is 21.3. The Hall–Kier alpha value is -4.00. The molecule has 4 rings (SSSR count). The smallest absolute Gasteiger partial charge is 0.387 e. The van der Waals surface area contributed by atoms with Gasteiger partial charge in [0.05, 0.1) is 68.3 Å². The Bertz CT molecular complexity index is 1430. The minimum atomic E-state index is -3.01. The number of alkyl halides is 2. The lowest BCUT2D eigenvalue weighted by Gasteiger charge is -2.15. The van der Waals surface area contributed by atoms with E-state index in [0.29, 0.717) is 45.4 Å². The van der Waals surface area contributed by atoms with Crippen molar-refractivity contribution in [1.82, 2.24) is 19.5 Å². The van der Waals surface area contributed by atoms with E-state index >= 15 is 0 Å². The lowest BCUT2D eigenvalue weighted by Crippen LogP contribution is -2.12. The second kappa shape index (κ2) is 11.4. The van der Waals surface area contributed by atoms with Crippen LogP contribution in [0.2, 0.25) is 0 Å². The van der Waals surface area contributed by atoms with E-state index in [-0.39, 0.29) is 23.2 Å². The summed E-state index contributed by atoms with van der Waals surface area (Å²) in [5.74, 6) is 1.50. The van der Waals surface area contributed by atoms with E-state index in [0.717, 1.165) is 0 Å². The Kier molecular flexibility index (Phi) is 8.01. The lowest BCUT2D eigenvalue weighted by molar-refractivity contribution is -0.0497. The van der Waals surface area contributed by atoms with Gasteiger partial charge >= 0.3 is 6.61 Å². The SMILES string of the molecule is COc1ccnc(Cn2c(S(=O)Cc3nccc(OC)c3OC)nc3ccc(OC(F)F)cc32)c1OC. The van der Waals surface area contributed by atoms with E-state index in [1.54, 1.807) is 22.9 Å². The first-order chi connectivity index (χ1) is 17.9. The molecule has 37 heavy (non-hydrogen) atoms. The van der Waals surface area contributed by atoms with Gasteiger partial charge in [0.1, 0.15) is 11.4 Å². The topological polar surface area (TPSA) is 107 Å². The molecule has 0 N–H and O–H groups in total. The fourth-order valence-corrected chi connectivity index (χ4v) is 5.03. The highest BCUT2D eigenvalue weighted by Crippen LogP contribution is 2.34. The second-order valence-electron chi connectivity index (χ2n) is 7.49. The van der Waals surface area contributed by atoms with Gasteiger partial charge in [-0.05, 0) is 12.1 Å². The van der Waals surface area contributed by atoms with Crippen LogP contribution in [-0.2, 0) is 23.1 Å². The maximum absolute atomic E-state index is 13.7. The number of halogens is 2. The number of aromatic nitrogens is 4. The predicted octanol–water partition coefficient (Wildman–Crippen LogP) is 3.82. The van der Waals surface area contributed by atoms with Crippen LogP contribution in [0.5, 0.6) is 28.7 Å². The highest BCUT2D eigenvalue weighted by molar-refractivity contribution is 7.84. The van der Waals surface area contributed by atoms with Crippen molar-refractivity contribution in [3.63, 3.8) is 0 Å². The minimum absolute atomic E-state index is 0.0488. The molecule has 0 radical (unpaired) electrons. The summed E-state index contributed by atoms with van der Waals surface area (Å²) in [6.45, 7) is -2.95. The van der Waals surface area contributed by atoms with Gasteiger partial charge in [0.25, 0.3) is 0 Å². The molecule has 0 spiro atoms. The second-order valence-corrected chi connectivity index (χ2v) is 8.83. The molecule has 0 aliphatic rings. The van der Waals surface area contributed by atoms with Gasteiger partial charge in [-0.3, -0.25) is 14.2 Å². The fourth-order valence-electron chi connectivity index (χ4n) is 3.84. The number of hydrogen-bond donors (Lipinski definition) is 0. The van der Waals surface area contributed by atoms with E-state index in [1.165, 1.54) is 52.8 Å². The molecule has 0 saturated heterocycles. The summed E-state index contributed by atoms with van der Waals surface area (Å²) < 4.78 is 67.2. The molecule has 1 unspecified atom stereocenters. The van der Waals surface area contributed by atoms with Gasteiger partial charge in [0, 0.05) is 30.6 Å². The Morgan fingerprint density at radius 1 is 0.892 bits per heavy atom. The van der Waals surface area contributed by atoms with E-state index in [4.69, 9.17) is 18.9 Å². The summed E-state index contributed by atoms with van der Waals surface area (Å²) in [4.78, 5) is 13.2. The fraction of sp³-hybridized carbons (Fsp3) is 0.292. The Morgan fingerprint density at radius 2 is 1.51 bits per heavy atom. The van der Waals surface area contributed by atoms with Crippen molar-refractivity contribution in [3.8, 4) is 28.7 Å². The summed E-state index contributed by atoms with van der Waals surface area (Å²) in [6.07, 6.45) is 3.07. The molecule has 1 aromatic carbocycles. The van der Waals surface area contributed by atoms with Crippen molar-refractivity contribution in [2.45, 2.75) is 24.1 Å². The molecule has 0 amide bonds. The molecule has 1 atom stereocenters. The molecule has 10 nitrogen and oxygen atoms in total. The van der Waals surface area contributed by atoms with Crippen LogP contribution in [0.4, 0.5) is 8.78 Å². The third-order valence-electron chi connectivity index (χ3n) is 5.42. The van der Waals surface area contributed by atoms with Crippen molar-refractivity contribution in [1.29, 1.82) is 0 Å². The maximum atomic E-state index is 13.7. The Balaban J connectivity index is 1.83. The van der Waals surface area contributed by atoms with Gasteiger partial charge < -0.3 is 28.3 Å². The molecular formula is C24H24F2N4O6S. The molecule has 4 aromatic rings. The van der Waals surface area contributed by atoms with Crippen molar-refractivity contribution in [3.05, 3.63) is 54.1 Å². The molecule has 13 heteroatoms. The van der Waals surface area contributed by atoms with Crippen LogP contribution in [0.3, 0.4) is 0 Å². The molecule has 3 aromatic heterocycles. The number of fused-ring (bicyclic) bond motifs is 1. The van der Waals surface area contributed by atoms with Gasteiger partial charge in [-0.2, -0.15) is 8.78 Å².